The second-order valence-electron chi connectivity index (χ2n) is 17.3. The molecule has 0 amide bonds. The molecule has 0 bridgehead atoms. The third-order valence-corrected chi connectivity index (χ3v) is 11.7. The number of hydrogen-bond donors (Lipinski definition) is 0. The van der Waals surface area contributed by atoms with Gasteiger partial charge >= 0.3 is 17.9 Å². The van der Waals surface area contributed by atoms with Gasteiger partial charge in [-0.15, -0.1) is 13.2 Å². The van der Waals surface area contributed by atoms with E-state index in [0.29, 0.717) is 37.6 Å². The summed E-state index contributed by atoms with van der Waals surface area (Å²) in [5, 5.41) is 4.22. The number of fused-ring (bicyclic) bond motifs is 2. The molecule has 376 valence electrons. The number of esters is 3. The molecule has 0 unspecified atom stereocenters. The summed E-state index contributed by atoms with van der Waals surface area (Å²) in [7, 11) is 1.20. The lowest BCUT2D eigenvalue weighted by molar-refractivity contribution is 0.0589. The summed E-state index contributed by atoms with van der Waals surface area (Å²) in [4.78, 5) is 39.3. The molecule has 0 radical (unpaired) electrons. The van der Waals surface area contributed by atoms with Crippen LogP contribution >= 0.6 is 0 Å². The molecule has 7 aromatic rings. The highest BCUT2D eigenvalue weighted by Crippen LogP contribution is 2.28. The Morgan fingerprint density at radius 3 is 1.30 bits per heavy atom. The van der Waals surface area contributed by atoms with Crippen LogP contribution in [0.3, 0.4) is 0 Å². The van der Waals surface area contributed by atoms with Gasteiger partial charge in [0.2, 0.25) is 0 Å². The molecule has 0 saturated heterocycles. The summed E-state index contributed by atoms with van der Waals surface area (Å²) in [5.74, 6) is 12.2. The van der Waals surface area contributed by atoms with Gasteiger partial charge in [-0.3, -0.25) is 0 Å². The van der Waals surface area contributed by atoms with E-state index in [1.807, 2.05) is 72.8 Å². The van der Waals surface area contributed by atoms with E-state index >= 15 is 0 Å². The molecule has 7 rings (SSSR count). The van der Waals surface area contributed by atoms with Crippen LogP contribution in [0.25, 0.3) is 21.5 Å². The predicted octanol–water partition coefficient (Wildman–Crippen LogP) is 13.3. The summed E-state index contributed by atoms with van der Waals surface area (Å²) in [5.41, 5.74) is 3.50. The smallest absolute Gasteiger partial charge is 0.343 e. The lowest BCUT2D eigenvalue weighted by Crippen LogP contribution is -2.13. The molecule has 0 saturated carbocycles. The first-order chi connectivity index (χ1) is 36.3. The Labute approximate surface area is 433 Å². The van der Waals surface area contributed by atoms with E-state index < -0.39 is 17.9 Å². The highest BCUT2D eigenvalue weighted by molar-refractivity contribution is 5.97. The highest BCUT2D eigenvalue weighted by atomic mass is 16.6. The fourth-order valence-electron chi connectivity index (χ4n) is 7.74. The SMILES string of the molecule is C=CCOCCCCCCOc1ccc2cc(C#Cc3ccc(C(=O)Oc4ccc(OC(=O)c5ccc(C#Cc6ccc7cc(OCCCCCCOCC=C)ccc7c6)cc5)c(C(=O)OC)c4)cc3)ccc2c1. The van der Waals surface area contributed by atoms with Crippen LogP contribution in [0.1, 0.15) is 105 Å². The van der Waals surface area contributed by atoms with Crippen LogP contribution in [-0.4, -0.2) is 64.7 Å². The van der Waals surface area contributed by atoms with Crippen molar-refractivity contribution in [2.75, 3.05) is 46.8 Å². The van der Waals surface area contributed by atoms with Gasteiger partial charge in [-0.2, -0.15) is 0 Å². The zero-order valence-electron chi connectivity index (χ0n) is 41.8. The zero-order chi connectivity index (χ0) is 51.7. The average molecular weight is 989 g/mol. The topological polar surface area (TPSA) is 116 Å². The minimum Gasteiger partial charge on any atom is -0.494 e. The Hall–Kier alpha value is -8.41. The Morgan fingerprint density at radius 2 is 0.824 bits per heavy atom. The maximum absolute atomic E-state index is 13.3. The molecule has 0 spiro atoms. The van der Waals surface area contributed by atoms with Crippen molar-refractivity contribution in [3.63, 3.8) is 0 Å². The fourth-order valence-corrected chi connectivity index (χ4v) is 7.74. The first-order valence-electron chi connectivity index (χ1n) is 24.9. The van der Waals surface area contributed by atoms with Gasteiger partial charge in [-0.25, -0.2) is 14.4 Å². The molecule has 0 aliphatic heterocycles. The van der Waals surface area contributed by atoms with E-state index in [0.717, 1.165) is 109 Å². The van der Waals surface area contributed by atoms with Crippen LogP contribution in [-0.2, 0) is 14.2 Å². The monoisotopic (exact) mass is 988 g/mol. The quantitative estimate of drug-likeness (QED) is 0.0180. The molecule has 0 aliphatic carbocycles. The Morgan fingerprint density at radius 1 is 0.419 bits per heavy atom. The van der Waals surface area contributed by atoms with E-state index in [2.05, 4.69) is 36.8 Å². The number of unbranched alkanes of at least 4 members (excludes halogenated alkanes) is 6. The number of ether oxygens (including phenoxy) is 7. The number of carbonyl (C=O) groups is 3. The van der Waals surface area contributed by atoms with Crippen LogP contribution in [0.15, 0.2) is 165 Å². The standard InChI is InChI=1S/C64H60O10/c1-4-36-69-38-10-6-8-12-40-71-57-32-30-53-42-49(22-28-55(53)44-57)16-14-47-18-24-51(25-19-47)62(65)73-59-34-35-61(60(46-59)64(67)68-3)74-63(66)52-26-20-48(21-27-52)15-17-50-23-29-56-45-58(33-31-54(56)43-50)72-41-13-9-7-11-39-70-37-5-2/h4-5,18-35,42-46H,1-2,6-13,36-41H2,3H3. The van der Waals surface area contributed by atoms with Crippen molar-refractivity contribution >= 4 is 39.5 Å². The molecule has 0 aliphatic rings. The molecule has 0 heterocycles. The first-order valence-corrected chi connectivity index (χ1v) is 24.9. The van der Waals surface area contributed by atoms with Crippen molar-refractivity contribution in [1.29, 1.82) is 0 Å². The number of benzene rings is 7. The molecule has 0 N–H and O–H groups in total. The molecule has 10 heteroatoms. The maximum Gasteiger partial charge on any atom is 0.343 e. The Kier molecular flexibility index (Phi) is 20.6. The Balaban J connectivity index is 0.879. The molecule has 74 heavy (non-hydrogen) atoms. The van der Waals surface area contributed by atoms with Gasteiger partial charge in [0.1, 0.15) is 28.6 Å². The van der Waals surface area contributed by atoms with Gasteiger partial charge in [-0.05, 0) is 175 Å². The van der Waals surface area contributed by atoms with E-state index in [-0.39, 0.29) is 28.2 Å². The second kappa shape index (κ2) is 28.6. The molecule has 0 fully saturated rings. The number of carbonyl (C=O) groups excluding carboxylic acids is 3. The normalized spacial score (nSPS) is 10.6. The third-order valence-electron chi connectivity index (χ3n) is 11.7. The summed E-state index contributed by atoms with van der Waals surface area (Å²) < 4.78 is 39.1. The first kappa shape index (κ1) is 53.4. The summed E-state index contributed by atoms with van der Waals surface area (Å²) in [6, 6.07) is 41.6. The van der Waals surface area contributed by atoms with Crippen LogP contribution < -0.4 is 18.9 Å². The van der Waals surface area contributed by atoms with Gasteiger partial charge in [0.25, 0.3) is 0 Å². The number of hydrogen-bond acceptors (Lipinski definition) is 10. The third kappa shape index (κ3) is 16.6. The van der Waals surface area contributed by atoms with Crippen LogP contribution in [0.2, 0.25) is 0 Å². The molecule has 10 nitrogen and oxygen atoms in total. The fraction of sp³-hybridized carbons (Fsp3) is 0.234. The summed E-state index contributed by atoms with van der Waals surface area (Å²) in [6.45, 7) is 11.4. The lowest BCUT2D eigenvalue weighted by Gasteiger charge is -2.11. The largest absolute Gasteiger partial charge is 0.494 e. The van der Waals surface area contributed by atoms with Gasteiger partial charge in [0.15, 0.2) is 0 Å². The summed E-state index contributed by atoms with van der Waals surface area (Å²) in [6.07, 6.45) is 12.0. The van der Waals surface area contributed by atoms with E-state index in [4.69, 9.17) is 33.2 Å². The lowest BCUT2D eigenvalue weighted by atomic mass is 10.1. The molecule has 0 aromatic heterocycles. The molecule has 7 aromatic carbocycles. The minimum absolute atomic E-state index is 0.0540. The van der Waals surface area contributed by atoms with E-state index in [9.17, 15) is 14.4 Å². The average Bonchev–Trinajstić information content (AvgIpc) is 3.43. The van der Waals surface area contributed by atoms with Crippen molar-refractivity contribution in [2.24, 2.45) is 0 Å². The van der Waals surface area contributed by atoms with E-state index in [1.165, 1.54) is 25.3 Å². The van der Waals surface area contributed by atoms with Crippen LogP contribution in [0, 0.1) is 23.7 Å². The van der Waals surface area contributed by atoms with Gasteiger partial charge in [0.05, 0.1) is 44.7 Å². The Bertz CT molecular complexity index is 3170. The van der Waals surface area contributed by atoms with Gasteiger partial charge in [-0.1, -0.05) is 72.9 Å². The summed E-state index contributed by atoms with van der Waals surface area (Å²) >= 11 is 0. The van der Waals surface area contributed by atoms with Crippen molar-refractivity contribution in [2.45, 2.75) is 51.4 Å². The molecule has 0 atom stereocenters. The van der Waals surface area contributed by atoms with Crippen molar-refractivity contribution < 1.29 is 47.5 Å². The van der Waals surface area contributed by atoms with Crippen LogP contribution in [0.5, 0.6) is 23.0 Å². The minimum atomic E-state index is -0.783. The highest BCUT2D eigenvalue weighted by Gasteiger charge is 2.20. The second-order valence-corrected chi connectivity index (χ2v) is 17.3. The molecular weight excluding hydrogens is 929 g/mol. The predicted molar refractivity (Wildman–Crippen MR) is 290 cm³/mol. The number of rotatable bonds is 25. The zero-order valence-corrected chi connectivity index (χ0v) is 41.8. The van der Waals surface area contributed by atoms with Gasteiger partial charge in [0, 0.05) is 35.5 Å². The van der Waals surface area contributed by atoms with Gasteiger partial charge < -0.3 is 33.2 Å². The molecular formula is C64H60O10. The van der Waals surface area contributed by atoms with E-state index in [1.54, 1.807) is 60.7 Å². The van der Waals surface area contributed by atoms with Crippen molar-refractivity contribution in [3.8, 4) is 46.7 Å². The van der Waals surface area contributed by atoms with Crippen LogP contribution in [0.4, 0.5) is 0 Å². The maximum atomic E-state index is 13.3. The van der Waals surface area contributed by atoms with Crippen molar-refractivity contribution in [1.82, 2.24) is 0 Å². The number of methoxy groups -OCH3 is 1. The van der Waals surface area contributed by atoms with Crippen molar-refractivity contribution in [3.05, 3.63) is 204 Å².